The molecule has 0 fully saturated rings. The monoisotopic (exact) mass is 383 g/mol. The van der Waals surface area contributed by atoms with E-state index in [1.165, 1.54) is 6.07 Å². The van der Waals surface area contributed by atoms with Crippen LogP contribution in [0.15, 0.2) is 66.9 Å². The van der Waals surface area contributed by atoms with E-state index < -0.39 is 0 Å². The van der Waals surface area contributed by atoms with Gasteiger partial charge in [-0.15, -0.1) is 0 Å². The molecule has 1 aromatic heterocycles. The molecule has 4 nitrogen and oxygen atoms in total. The molecule has 0 saturated carbocycles. The summed E-state index contributed by atoms with van der Waals surface area (Å²) < 4.78 is 13.6. The SMILES string of the molecule is O=C(NCc1ccccc1F)c1ccnc(NCCc2cccc(Cl)c2)c1. The molecule has 0 aliphatic heterocycles. The third-order valence-corrected chi connectivity index (χ3v) is 4.26. The Hall–Kier alpha value is -2.92. The lowest BCUT2D eigenvalue weighted by molar-refractivity contribution is 0.0950. The van der Waals surface area contributed by atoms with Crippen molar-refractivity contribution in [2.24, 2.45) is 0 Å². The summed E-state index contributed by atoms with van der Waals surface area (Å²) in [5.41, 5.74) is 2.03. The van der Waals surface area contributed by atoms with Crippen LogP contribution in [0.3, 0.4) is 0 Å². The van der Waals surface area contributed by atoms with E-state index in [9.17, 15) is 9.18 Å². The van der Waals surface area contributed by atoms with Gasteiger partial charge in [0, 0.05) is 35.4 Å². The Balaban J connectivity index is 1.54. The molecular weight excluding hydrogens is 365 g/mol. The number of hydrogen-bond acceptors (Lipinski definition) is 3. The summed E-state index contributed by atoms with van der Waals surface area (Å²) in [6.07, 6.45) is 2.35. The van der Waals surface area contributed by atoms with E-state index in [2.05, 4.69) is 15.6 Å². The van der Waals surface area contributed by atoms with Crippen molar-refractivity contribution >= 4 is 23.3 Å². The minimum absolute atomic E-state index is 0.130. The first-order valence-electron chi connectivity index (χ1n) is 8.58. The number of halogens is 2. The van der Waals surface area contributed by atoms with Crippen molar-refractivity contribution < 1.29 is 9.18 Å². The highest BCUT2D eigenvalue weighted by Gasteiger charge is 2.08. The Morgan fingerprint density at radius 2 is 1.93 bits per heavy atom. The van der Waals surface area contributed by atoms with Gasteiger partial charge in [0.25, 0.3) is 5.91 Å². The number of anilines is 1. The minimum atomic E-state index is -0.337. The summed E-state index contributed by atoms with van der Waals surface area (Å²) in [5, 5.41) is 6.63. The molecule has 1 amide bonds. The van der Waals surface area contributed by atoms with Crippen molar-refractivity contribution in [1.29, 1.82) is 0 Å². The lowest BCUT2D eigenvalue weighted by atomic mass is 10.1. The van der Waals surface area contributed by atoms with E-state index in [0.29, 0.717) is 28.5 Å². The molecule has 138 valence electrons. The normalized spacial score (nSPS) is 10.4. The van der Waals surface area contributed by atoms with Crippen molar-refractivity contribution in [2.45, 2.75) is 13.0 Å². The largest absolute Gasteiger partial charge is 0.370 e. The fourth-order valence-electron chi connectivity index (χ4n) is 2.62. The number of carbonyl (C=O) groups excluding carboxylic acids is 1. The van der Waals surface area contributed by atoms with Crippen LogP contribution < -0.4 is 10.6 Å². The number of pyridine rings is 1. The molecule has 3 rings (SSSR count). The molecule has 6 heteroatoms. The average Bonchev–Trinajstić information content (AvgIpc) is 2.67. The summed E-state index contributed by atoms with van der Waals surface area (Å²) in [5.74, 6) is -0.00925. The Kier molecular flexibility index (Phi) is 6.39. The molecule has 0 bridgehead atoms. The molecule has 0 unspecified atom stereocenters. The van der Waals surface area contributed by atoms with Gasteiger partial charge in [0.05, 0.1) is 0 Å². The number of hydrogen-bond donors (Lipinski definition) is 2. The Morgan fingerprint density at radius 1 is 1.07 bits per heavy atom. The summed E-state index contributed by atoms with van der Waals surface area (Å²) in [6, 6.07) is 17.3. The maximum atomic E-state index is 13.6. The van der Waals surface area contributed by atoms with Crippen LogP contribution in [0.4, 0.5) is 10.2 Å². The van der Waals surface area contributed by atoms with Gasteiger partial charge in [0.2, 0.25) is 0 Å². The van der Waals surface area contributed by atoms with Crippen LogP contribution in [0.1, 0.15) is 21.5 Å². The summed E-state index contributed by atoms with van der Waals surface area (Å²) in [6.45, 7) is 0.791. The van der Waals surface area contributed by atoms with E-state index >= 15 is 0 Å². The van der Waals surface area contributed by atoms with E-state index in [1.807, 2.05) is 24.3 Å². The number of aromatic nitrogens is 1. The summed E-state index contributed by atoms with van der Waals surface area (Å²) in [4.78, 5) is 16.5. The van der Waals surface area contributed by atoms with Crippen LogP contribution >= 0.6 is 11.6 Å². The summed E-state index contributed by atoms with van der Waals surface area (Å²) in [7, 11) is 0. The van der Waals surface area contributed by atoms with Crippen molar-refractivity contribution in [3.63, 3.8) is 0 Å². The highest BCUT2D eigenvalue weighted by Crippen LogP contribution is 2.12. The van der Waals surface area contributed by atoms with Gasteiger partial charge < -0.3 is 10.6 Å². The first-order valence-corrected chi connectivity index (χ1v) is 8.95. The zero-order valence-electron chi connectivity index (χ0n) is 14.6. The summed E-state index contributed by atoms with van der Waals surface area (Å²) >= 11 is 5.98. The number of amides is 1. The maximum Gasteiger partial charge on any atom is 0.251 e. The van der Waals surface area contributed by atoms with Crippen LogP contribution in [-0.2, 0) is 13.0 Å². The molecule has 2 N–H and O–H groups in total. The van der Waals surface area contributed by atoms with Crippen LogP contribution in [0.2, 0.25) is 5.02 Å². The van der Waals surface area contributed by atoms with E-state index in [4.69, 9.17) is 11.6 Å². The van der Waals surface area contributed by atoms with E-state index in [1.54, 1.807) is 36.5 Å². The fourth-order valence-corrected chi connectivity index (χ4v) is 2.83. The maximum absolute atomic E-state index is 13.6. The highest BCUT2D eigenvalue weighted by molar-refractivity contribution is 6.30. The predicted octanol–water partition coefficient (Wildman–Crippen LogP) is 4.46. The Labute approximate surface area is 162 Å². The first kappa shape index (κ1) is 18.9. The quantitative estimate of drug-likeness (QED) is 0.633. The van der Waals surface area contributed by atoms with Crippen LogP contribution in [0.25, 0.3) is 0 Å². The molecule has 0 radical (unpaired) electrons. The van der Waals surface area contributed by atoms with Crippen LogP contribution in [0, 0.1) is 5.82 Å². The molecule has 0 aliphatic rings. The van der Waals surface area contributed by atoms with Gasteiger partial charge >= 0.3 is 0 Å². The van der Waals surface area contributed by atoms with Gasteiger partial charge in [-0.3, -0.25) is 4.79 Å². The molecule has 0 spiro atoms. The molecular formula is C21H19ClFN3O. The standard InChI is InChI=1S/C21H19ClFN3O/c22-18-6-3-4-15(12-18)8-10-24-20-13-16(9-11-25-20)21(27)26-14-17-5-1-2-7-19(17)23/h1-7,9,11-13H,8,10,14H2,(H,24,25)(H,26,27). The van der Waals surface area contributed by atoms with Crippen molar-refractivity contribution in [2.75, 3.05) is 11.9 Å². The molecule has 3 aromatic rings. The van der Waals surface area contributed by atoms with Crippen molar-refractivity contribution in [3.8, 4) is 0 Å². The first-order chi connectivity index (χ1) is 13.1. The van der Waals surface area contributed by atoms with Crippen molar-refractivity contribution in [1.82, 2.24) is 10.3 Å². The molecule has 2 aromatic carbocycles. The van der Waals surface area contributed by atoms with Gasteiger partial charge in [-0.1, -0.05) is 41.9 Å². The van der Waals surface area contributed by atoms with Gasteiger partial charge in [-0.25, -0.2) is 9.37 Å². The number of nitrogens with zero attached hydrogens (tertiary/aromatic N) is 1. The lowest BCUT2D eigenvalue weighted by Crippen LogP contribution is -2.23. The Bertz CT molecular complexity index is 933. The highest BCUT2D eigenvalue weighted by atomic mass is 35.5. The molecule has 0 atom stereocenters. The second-order valence-electron chi connectivity index (χ2n) is 6.01. The molecule has 0 saturated heterocycles. The van der Waals surface area contributed by atoms with Gasteiger partial charge in [-0.2, -0.15) is 0 Å². The van der Waals surface area contributed by atoms with Gasteiger partial charge in [0.15, 0.2) is 0 Å². The minimum Gasteiger partial charge on any atom is -0.370 e. The number of nitrogens with one attached hydrogen (secondary N) is 2. The predicted molar refractivity (Wildman–Crippen MR) is 105 cm³/mol. The van der Waals surface area contributed by atoms with Gasteiger partial charge in [0.1, 0.15) is 11.6 Å². The second kappa shape index (κ2) is 9.14. The average molecular weight is 384 g/mol. The number of carbonyl (C=O) groups is 1. The third-order valence-electron chi connectivity index (χ3n) is 4.03. The van der Waals surface area contributed by atoms with Crippen molar-refractivity contribution in [3.05, 3.63) is 94.4 Å². The lowest BCUT2D eigenvalue weighted by Gasteiger charge is -2.09. The third kappa shape index (κ3) is 5.53. The fraction of sp³-hybridized carbons (Fsp3) is 0.143. The number of benzene rings is 2. The van der Waals surface area contributed by atoms with Crippen LogP contribution in [-0.4, -0.2) is 17.4 Å². The topological polar surface area (TPSA) is 54.0 Å². The zero-order chi connectivity index (χ0) is 19.1. The molecule has 0 aliphatic carbocycles. The van der Waals surface area contributed by atoms with E-state index in [-0.39, 0.29) is 18.3 Å². The molecule has 27 heavy (non-hydrogen) atoms. The smallest absolute Gasteiger partial charge is 0.251 e. The zero-order valence-corrected chi connectivity index (χ0v) is 15.3. The Morgan fingerprint density at radius 3 is 2.74 bits per heavy atom. The molecule has 1 heterocycles. The van der Waals surface area contributed by atoms with Crippen LogP contribution in [0.5, 0.6) is 0 Å². The second-order valence-corrected chi connectivity index (χ2v) is 6.45. The number of rotatable bonds is 7. The van der Waals surface area contributed by atoms with E-state index in [0.717, 1.165) is 12.0 Å². The van der Waals surface area contributed by atoms with Gasteiger partial charge in [-0.05, 0) is 42.3 Å².